The van der Waals surface area contributed by atoms with E-state index in [1.165, 1.54) is 23.1 Å². The number of ether oxygens (including phenoxy) is 1. The first-order chi connectivity index (χ1) is 9.33. The minimum absolute atomic E-state index is 0.855. The first kappa shape index (κ1) is 12.9. The zero-order chi connectivity index (χ0) is 13.1. The van der Waals surface area contributed by atoms with Crippen molar-refractivity contribution in [3.63, 3.8) is 0 Å². The molecule has 1 aliphatic carbocycles. The number of nitrogens with zero attached hydrogens (tertiary/aromatic N) is 1. The number of para-hydroxylation sites is 1. The van der Waals surface area contributed by atoms with Crippen LogP contribution in [0.4, 0.5) is 5.13 Å². The zero-order valence-corrected chi connectivity index (χ0v) is 12.1. The summed E-state index contributed by atoms with van der Waals surface area (Å²) in [5, 5.41) is 4.41. The Morgan fingerprint density at radius 3 is 3.11 bits per heavy atom. The van der Waals surface area contributed by atoms with Crippen molar-refractivity contribution in [3.05, 3.63) is 23.8 Å². The van der Waals surface area contributed by atoms with Crippen molar-refractivity contribution < 1.29 is 4.74 Å². The van der Waals surface area contributed by atoms with E-state index in [0.717, 1.165) is 42.7 Å². The van der Waals surface area contributed by atoms with Crippen molar-refractivity contribution in [2.45, 2.75) is 26.2 Å². The molecule has 4 heteroatoms. The molecule has 3 nitrogen and oxygen atoms in total. The van der Waals surface area contributed by atoms with Gasteiger partial charge < -0.3 is 10.1 Å². The second-order valence-electron chi connectivity index (χ2n) is 5.24. The molecule has 3 rings (SSSR count). The average Bonchev–Trinajstić information content (AvgIpc) is 3.12. The summed E-state index contributed by atoms with van der Waals surface area (Å²) in [5.74, 6) is 0.861. The Balaban J connectivity index is 1.44. The van der Waals surface area contributed by atoms with Gasteiger partial charge in [0.05, 0.1) is 10.2 Å². The number of aromatic nitrogens is 1. The molecule has 2 aromatic rings. The van der Waals surface area contributed by atoms with Gasteiger partial charge in [0, 0.05) is 19.8 Å². The number of anilines is 1. The van der Waals surface area contributed by atoms with E-state index < -0.39 is 0 Å². The van der Waals surface area contributed by atoms with Gasteiger partial charge in [-0.3, -0.25) is 0 Å². The van der Waals surface area contributed by atoms with Crippen LogP contribution in [0.2, 0.25) is 0 Å². The Morgan fingerprint density at radius 1 is 1.42 bits per heavy atom. The summed E-state index contributed by atoms with van der Waals surface area (Å²) in [6, 6.07) is 6.33. The lowest BCUT2D eigenvalue weighted by molar-refractivity contribution is 0.124. The van der Waals surface area contributed by atoms with E-state index in [2.05, 4.69) is 35.4 Å². The zero-order valence-electron chi connectivity index (χ0n) is 11.3. The predicted octanol–water partition coefficient (Wildman–Crippen LogP) is 3.83. The fourth-order valence-electron chi connectivity index (χ4n) is 2.07. The highest BCUT2D eigenvalue weighted by Crippen LogP contribution is 2.29. The topological polar surface area (TPSA) is 34.1 Å². The highest BCUT2D eigenvalue weighted by molar-refractivity contribution is 7.22. The third-order valence-electron chi connectivity index (χ3n) is 3.41. The van der Waals surface area contributed by atoms with Gasteiger partial charge in [-0.05, 0) is 43.7 Å². The van der Waals surface area contributed by atoms with Crippen LogP contribution in [0.5, 0.6) is 0 Å². The molecule has 1 N–H and O–H groups in total. The maximum atomic E-state index is 5.62. The van der Waals surface area contributed by atoms with Crippen molar-refractivity contribution in [3.8, 4) is 0 Å². The molecule has 0 unspecified atom stereocenters. The smallest absolute Gasteiger partial charge is 0.183 e. The molecule has 0 atom stereocenters. The van der Waals surface area contributed by atoms with Gasteiger partial charge in [0.25, 0.3) is 0 Å². The van der Waals surface area contributed by atoms with Gasteiger partial charge >= 0.3 is 0 Å². The maximum absolute atomic E-state index is 5.62. The number of aryl methyl sites for hydroxylation is 1. The van der Waals surface area contributed by atoms with Gasteiger partial charge in [0.15, 0.2) is 5.13 Å². The van der Waals surface area contributed by atoms with E-state index in [0.29, 0.717) is 0 Å². The van der Waals surface area contributed by atoms with Crippen LogP contribution in [0.15, 0.2) is 18.2 Å². The number of rotatable bonds is 7. The van der Waals surface area contributed by atoms with Crippen LogP contribution in [0, 0.1) is 12.8 Å². The second kappa shape index (κ2) is 5.88. The van der Waals surface area contributed by atoms with Gasteiger partial charge in [0.1, 0.15) is 0 Å². The van der Waals surface area contributed by atoms with Crippen LogP contribution in [0.1, 0.15) is 24.8 Å². The molecule has 1 aromatic carbocycles. The fraction of sp³-hybridized carbons (Fsp3) is 0.533. The summed E-state index contributed by atoms with van der Waals surface area (Å²) in [6.07, 6.45) is 3.77. The summed E-state index contributed by atoms with van der Waals surface area (Å²) in [5.41, 5.74) is 2.37. The predicted molar refractivity (Wildman–Crippen MR) is 81.0 cm³/mol. The molecule has 1 fully saturated rings. The molecule has 0 radical (unpaired) electrons. The van der Waals surface area contributed by atoms with Gasteiger partial charge in [-0.15, -0.1) is 0 Å². The van der Waals surface area contributed by atoms with E-state index in [1.54, 1.807) is 11.3 Å². The molecule has 0 saturated heterocycles. The van der Waals surface area contributed by atoms with E-state index >= 15 is 0 Å². The van der Waals surface area contributed by atoms with Crippen LogP contribution in [0.3, 0.4) is 0 Å². The van der Waals surface area contributed by atoms with Crippen LogP contribution >= 0.6 is 11.3 Å². The fourth-order valence-corrected chi connectivity index (χ4v) is 3.04. The molecule has 1 heterocycles. The lowest BCUT2D eigenvalue weighted by atomic mass is 10.2. The molecule has 102 valence electrons. The largest absolute Gasteiger partial charge is 0.381 e. The van der Waals surface area contributed by atoms with Crippen molar-refractivity contribution in [1.82, 2.24) is 4.98 Å². The normalized spacial score (nSPS) is 15.0. The maximum Gasteiger partial charge on any atom is 0.183 e. The van der Waals surface area contributed by atoms with Crippen LogP contribution in [-0.2, 0) is 4.74 Å². The Bertz CT molecular complexity index is 548. The van der Waals surface area contributed by atoms with E-state index in [-0.39, 0.29) is 0 Å². The van der Waals surface area contributed by atoms with Crippen LogP contribution < -0.4 is 5.32 Å². The molecular weight excluding hydrogens is 256 g/mol. The molecule has 1 saturated carbocycles. The Labute approximate surface area is 118 Å². The summed E-state index contributed by atoms with van der Waals surface area (Å²) in [6.45, 7) is 4.86. The average molecular weight is 276 g/mol. The SMILES string of the molecule is Cc1cccc2sc(NCCCOCC3CC3)nc12. The molecule has 19 heavy (non-hydrogen) atoms. The number of thiazole rings is 1. The molecule has 1 aromatic heterocycles. The summed E-state index contributed by atoms with van der Waals surface area (Å²) >= 11 is 1.73. The Hall–Kier alpha value is -1.13. The number of hydrogen-bond donors (Lipinski definition) is 1. The van der Waals surface area contributed by atoms with E-state index in [9.17, 15) is 0 Å². The minimum Gasteiger partial charge on any atom is -0.381 e. The summed E-state index contributed by atoms with van der Waals surface area (Å²) in [4.78, 5) is 4.63. The minimum atomic E-state index is 0.855. The van der Waals surface area contributed by atoms with Crippen molar-refractivity contribution in [2.24, 2.45) is 5.92 Å². The molecule has 0 aliphatic heterocycles. The van der Waals surface area contributed by atoms with Crippen molar-refractivity contribution in [2.75, 3.05) is 25.1 Å². The number of fused-ring (bicyclic) bond motifs is 1. The highest BCUT2D eigenvalue weighted by atomic mass is 32.1. The lowest BCUT2D eigenvalue weighted by Gasteiger charge is -2.03. The third-order valence-corrected chi connectivity index (χ3v) is 4.39. The van der Waals surface area contributed by atoms with Gasteiger partial charge in [-0.2, -0.15) is 0 Å². The first-order valence-electron chi connectivity index (χ1n) is 7.01. The van der Waals surface area contributed by atoms with E-state index in [1.807, 2.05) is 0 Å². The van der Waals surface area contributed by atoms with Gasteiger partial charge in [-0.25, -0.2) is 4.98 Å². The van der Waals surface area contributed by atoms with Crippen molar-refractivity contribution in [1.29, 1.82) is 0 Å². The molecule has 0 spiro atoms. The Morgan fingerprint density at radius 2 is 2.32 bits per heavy atom. The second-order valence-corrected chi connectivity index (χ2v) is 6.27. The molecule has 0 amide bonds. The van der Waals surface area contributed by atoms with Gasteiger partial charge in [-0.1, -0.05) is 23.5 Å². The van der Waals surface area contributed by atoms with Crippen LogP contribution in [-0.4, -0.2) is 24.7 Å². The quantitative estimate of drug-likeness (QED) is 0.780. The molecule has 0 bridgehead atoms. The third kappa shape index (κ3) is 3.45. The van der Waals surface area contributed by atoms with Crippen molar-refractivity contribution >= 4 is 26.7 Å². The molecular formula is C15H20N2OS. The number of hydrogen-bond acceptors (Lipinski definition) is 4. The van der Waals surface area contributed by atoms with Gasteiger partial charge in [0.2, 0.25) is 0 Å². The van der Waals surface area contributed by atoms with E-state index in [4.69, 9.17) is 4.74 Å². The van der Waals surface area contributed by atoms with Crippen LogP contribution in [0.25, 0.3) is 10.2 Å². The first-order valence-corrected chi connectivity index (χ1v) is 7.82. The standard InChI is InChI=1S/C15H20N2OS/c1-11-4-2-5-13-14(11)17-15(19-13)16-8-3-9-18-10-12-6-7-12/h2,4-5,12H,3,6-10H2,1H3,(H,16,17). The number of benzene rings is 1. The summed E-state index contributed by atoms with van der Waals surface area (Å²) < 4.78 is 6.87. The molecule has 1 aliphatic rings. The highest BCUT2D eigenvalue weighted by Gasteiger charge is 2.20. The monoisotopic (exact) mass is 276 g/mol. The Kier molecular flexibility index (Phi) is 3.99. The lowest BCUT2D eigenvalue weighted by Crippen LogP contribution is -2.06. The summed E-state index contributed by atoms with van der Waals surface area (Å²) in [7, 11) is 0. The number of nitrogens with one attached hydrogen (secondary N) is 1.